The molecule has 2 amide bonds. The van der Waals surface area contributed by atoms with E-state index in [1.165, 1.54) is 0 Å². The van der Waals surface area contributed by atoms with Crippen molar-refractivity contribution in [1.82, 2.24) is 15.0 Å². The molecule has 1 atom stereocenters. The van der Waals surface area contributed by atoms with E-state index in [4.69, 9.17) is 9.26 Å². The van der Waals surface area contributed by atoms with Gasteiger partial charge in [0.2, 0.25) is 0 Å². The van der Waals surface area contributed by atoms with Crippen molar-refractivity contribution in [2.24, 2.45) is 0 Å². The summed E-state index contributed by atoms with van der Waals surface area (Å²) in [6, 6.07) is -0.136. The lowest BCUT2D eigenvalue weighted by atomic mass is 10.2. The number of anilines is 1. The van der Waals surface area contributed by atoms with Gasteiger partial charge in [-0.25, -0.2) is 9.78 Å². The predicted molar refractivity (Wildman–Crippen MR) is 84.6 cm³/mol. The number of rotatable bonds is 3. The van der Waals surface area contributed by atoms with Gasteiger partial charge in [-0.3, -0.25) is 0 Å². The van der Waals surface area contributed by atoms with Crippen molar-refractivity contribution >= 4 is 23.1 Å². The highest BCUT2D eigenvalue weighted by molar-refractivity contribution is 7.09. The van der Waals surface area contributed by atoms with Gasteiger partial charge in [0.1, 0.15) is 22.5 Å². The van der Waals surface area contributed by atoms with Crippen LogP contribution in [-0.2, 0) is 4.74 Å². The van der Waals surface area contributed by atoms with Gasteiger partial charge < -0.3 is 19.5 Å². The lowest BCUT2D eigenvalue weighted by Gasteiger charge is -2.32. The average Bonchev–Trinajstić information content (AvgIpc) is 3.13. The molecule has 0 spiro atoms. The van der Waals surface area contributed by atoms with Gasteiger partial charge in [0.15, 0.2) is 5.76 Å². The van der Waals surface area contributed by atoms with Crippen LogP contribution in [0.25, 0.3) is 0 Å². The standard InChI is InChI=1S/C15H18N4O3S/c1-9-12(13(22-18-9)10-2-3-10)17-15(20)19-5-6-21-11(8-19)14-16-4-7-23-14/h4,7,10-11H,2-3,5-6,8H2,1H3,(H,17,20)/t11-/m0/s1. The van der Waals surface area contributed by atoms with Gasteiger partial charge in [0.25, 0.3) is 0 Å². The Labute approximate surface area is 137 Å². The Morgan fingerprint density at radius 2 is 2.35 bits per heavy atom. The second-order valence-electron chi connectivity index (χ2n) is 5.89. The Hall–Kier alpha value is -1.93. The summed E-state index contributed by atoms with van der Waals surface area (Å²) in [5.41, 5.74) is 1.46. The lowest BCUT2D eigenvalue weighted by molar-refractivity contribution is -0.0136. The fourth-order valence-corrected chi connectivity index (χ4v) is 3.40. The minimum atomic E-state index is -0.152. The number of hydrogen-bond donors (Lipinski definition) is 1. The van der Waals surface area contributed by atoms with Crippen LogP contribution in [0.5, 0.6) is 0 Å². The van der Waals surface area contributed by atoms with Crippen molar-refractivity contribution in [3.8, 4) is 0 Å². The molecule has 1 N–H and O–H groups in total. The van der Waals surface area contributed by atoms with Crippen molar-refractivity contribution in [3.05, 3.63) is 28.0 Å². The van der Waals surface area contributed by atoms with Crippen LogP contribution in [0.15, 0.2) is 16.1 Å². The fraction of sp³-hybridized carbons (Fsp3) is 0.533. The van der Waals surface area contributed by atoms with E-state index in [-0.39, 0.29) is 12.1 Å². The molecule has 2 fully saturated rings. The molecule has 0 unspecified atom stereocenters. The highest BCUT2D eigenvalue weighted by Gasteiger charge is 2.33. The van der Waals surface area contributed by atoms with Gasteiger partial charge in [-0.05, 0) is 19.8 Å². The Morgan fingerprint density at radius 1 is 1.48 bits per heavy atom. The van der Waals surface area contributed by atoms with Crippen LogP contribution in [-0.4, -0.2) is 40.8 Å². The topological polar surface area (TPSA) is 80.5 Å². The van der Waals surface area contributed by atoms with Gasteiger partial charge >= 0.3 is 6.03 Å². The number of ether oxygens (including phenoxy) is 1. The van der Waals surface area contributed by atoms with Crippen molar-refractivity contribution in [1.29, 1.82) is 0 Å². The highest BCUT2D eigenvalue weighted by Crippen LogP contribution is 2.44. The number of hydrogen-bond acceptors (Lipinski definition) is 6. The molecule has 0 bridgehead atoms. The molecule has 122 valence electrons. The van der Waals surface area contributed by atoms with E-state index in [2.05, 4.69) is 15.5 Å². The van der Waals surface area contributed by atoms with Crippen molar-refractivity contribution in [2.45, 2.75) is 31.8 Å². The molecule has 8 heteroatoms. The molecule has 0 aromatic carbocycles. The molecular weight excluding hydrogens is 316 g/mol. The maximum atomic E-state index is 12.6. The zero-order valence-corrected chi connectivity index (χ0v) is 13.6. The van der Waals surface area contributed by atoms with E-state index in [0.29, 0.717) is 25.6 Å². The maximum Gasteiger partial charge on any atom is 0.322 e. The smallest absolute Gasteiger partial charge is 0.322 e. The zero-order valence-electron chi connectivity index (χ0n) is 12.8. The van der Waals surface area contributed by atoms with Crippen LogP contribution >= 0.6 is 11.3 Å². The Balaban J connectivity index is 1.45. The number of morpholine rings is 1. The first-order valence-electron chi connectivity index (χ1n) is 7.75. The number of thiazole rings is 1. The number of aromatic nitrogens is 2. The van der Waals surface area contributed by atoms with E-state index in [0.717, 1.165) is 35.0 Å². The largest absolute Gasteiger partial charge is 0.367 e. The average molecular weight is 334 g/mol. The quantitative estimate of drug-likeness (QED) is 0.933. The van der Waals surface area contributed by atoms with Crippen LogP contribution in [0, 0.1) is 6.92 Å². The Kier molecular flexibility index (Phi) is 3.78. The summed E-state index contributed by atoms with van der Waals surface area (Å²) >= 11 is 1.55. The second kappa shape index (κ2) is 5.93. The van der Waals surface area contributed by atoms with Gasteiger partial charge in [0.05, 0.1) is 13.2 Å². The number of nitrogens with one attached hydrogen (secondary N) is 1. The molecule has 3 heterocycles. The number of amides is 2. The molecule has 2 aromatic heterocycles. The number of urea groups is 1. The molecule has 2 aliphatic rings. The van der Waals surface area contributed by atoms with Crippen LogP contribution in [0.2, 0.25) is 0 Å². The molecule has 2 aromatic rings. The van der Waals surface area contributed by atoms with Crippen LogP contribution in [0.4, 0.5) is 10.5 Å². The van der Waals surface area contributed by atoms with E-state index < -0.39 is 0 Å². The van der Waals surface area contributed by atoms with Crippen molar-refractivity contribution in [3.63, 3.8) is 0 Å². The molecule has 7 nitrogen and oxygen atoms in total. The number of carbonyl (C=O) groups is 1. The summed E-state index contributed by atoms with van der Waals surface area (Å²) < 4.78 is 11.1. The molecule has 0 radical (unpaired) electrons. The van der Waals surface area contributed by atoms with Crippen molar-refractivity contribution < 1.29 is 14.1 Å². The van der Waals surface area contributed by atoms with Gasteiger partial charge in [-0.1, -0.05) is 5.16 Å². The molecule has 1 aliphatic carbocycles. The first kappa shape index (κ1) is 14.6. The molecule has 1 saturated carbocycles. The fourth-order valence-electron chi connectivity index (χ4n) is 2.73. The summed E-state index contributed by atoms with van der Waals surface area (Å²) in [5, 5.41) is 9.79. The first-order chi connectivity index (χ1) is 11.2. The summed E-state index contributed by atoms with van der Waals surface area (Å²) in [6.07, 6.45) is 3.80. The predicted octanol–water partition coefficient (Wildman–Crippen LogP) is 2.92. The SMILES string of the molecule is Cc1noc(C2CC2)c1NC(=O)N1CCO[C@H](c2nccs2)C1. The molecular formula is C15H18N4O3S. The molecule has 23 heavy (non-hydrogen) atoms. The summed E-state index contributed by atoms with van der Waals surface area (Å²) in [4.78, 5) is 18.6. The summed E-state index contributed by atoms with van der Waals surface area (Å²) in [5.74, 6) is 1.21. The molecule has 1 saturated heterocycles. The lowest BCUT2D eigenvalue weighted by Crippen LogP contribution is -2.44. The van der Waals surface area contributed by atoms with E-state index in [9.17, 15) is 4.79 Å². The van der Waals surface area contributed by atoms with Crippen molar-refractivity contribution in [2.75, 3.05) is 25.0 Å². The first-order valence-corrected chi connectivity index (χ1v) is 8.63. The highest BCUT2D eigenvalue weighted by atomic mass is 32.1. The molecule has 4 rings (SSSR count). The monoisotopic (exact) mass is 334 g/mol. The summed E-state index contributed by atoms with van der Waals surface area (Å²) in [7, 11) is 0. The van der Waals surface area contributed by atoms with Gasteiger partial charge in [0, 0.05) is 24.0 Å². The number of nitrogens with zero attached hydrogens (tertiary/aromatic N) is 3. The number of aryl methyl sites for hydroxylation is 1. The normalized spacial score (nSPS) is 21.4. The minimum absolute atomic E-state index is 0.136. The maximum absolute atomic E-state index is 12.6. The van der Waals surface area contributed by atoms with Crippen LogP contribution in [0.3, 0.4) is 0 Å². The molecule has 1 aliphatic heterocycles. The summed E-state index contributed by atoms with van der Waals surface area (Å²) in [6.45, 7) is 3.43. The van der Waals surface area contributed by atoms with Gasteiger partial charge in [-0.2, -0.15) is 0 Å². The Bertz CT molecular complexity index is 696. The number of carbonyl (C=O) groups excluding carboxylic acids is 1. The van der Waals surface area contributed by atoms with Crippen LogP contribution in [0.1, 0.15) is 41.3 Å². The van der Waals surface area contributed by atoms with Gasteiger partial charge in [-0.15, -0.1) is 11.3 Å². The zero-order chi connectivity index (χ0) is 15.8. The third kappa shape index (κ3) is 2.96. The third-order valence-electron chi connectivity index (χ3n) is 4.15. The second-order valence-corrected chi connectivity index (χ2v) is 6.81. The third-order valence-corrected chi connectivity index (χ3v) is 5.02. The Morgan fingerprint density at radius 3 is 3.09 bits per heavy atom. The minimum Gasteiger partial charge on any atom is -0.367 e. The van der Waals surface area contributed by atoms with E-state index >= 15 is 0 Å². The van der Waals surface area contributed by atoms with E-state index in [1.54, 1.807) is 22.4 Å². The van der Waals surface area contributed by atoms with Crippen LogP contribution < -0.4 is 5.32 Å². The van der Waals surface area contributed by atoms with E-state index in [1.807, 2.05) is 12.3 Å².